The van der Waals surface area contributed by atoms with Gasteiger partial charge < -0.3 is 4.90 Å². The molecule has 2 aromatic carbocycles. The molecule has 1 fully saturated rings. The Morgan fingerprint density at radius 3 is 2.52 bits per heavy atom. The van der Waals surface area contributed by atoms with E-state index in [1.807, 2.05) is 48.5 Å². The van der Waals surface area contributed by atoms with Gasteiger partial charge in [-0.1, -0.05) is 55.5 Å². The molecule has 0 bridgehead atoms. The maximum absolute atomic E-state index is 13.3. The smallest absolute Gasteiger partial charge is 0.244 e. The zero-order valence-electron chi connectivity index (χ0n) is 14.6. The number of hydrogen-bond acceptors (Lipinski definition) is 3. The number of nitrogens with zero attached hydrogens (tertiary/aromatic N) is 2. The van der Waals surface area contributed by atoms with Gasteiger partial charge in [0.05, 0.1) is 10.4 Å². The summed E-state index contributed by atoms with van der Waals surface area (Å²) in [5.74, 6) is 0. The maximum Gasteiger partial charge on any atom is 0.244 e. The molecule has 5 heteroatoms. The first-order valence-electron chi connectivity index (χ1n) is 8.96. The minimum absolute atomic E-state index is 0.428. The van der Waals surface area contributed by atoms with Gasteiger partial charge in [-0.2, -0.15) is 4.31 Å². The van der Waals surface area contributed by atoms with Crippen LogP contribution in [0.2, 0.25) is 0 Å². The van der Waals surface area contributed by atoms with Gasteiger partial charge in [0, 0.05) is 19.6 Å². The van der Waals surface area contributed by atoms with Gasteiger partial charge in [-0.05, 0) is 36.6 Å². The Kier molecular flexibility index (Phi) is 4.18. The van der Waals surface area contributed by atoms with Crippen LogP contribution in [0.4, 0.5) is 0 Å². The molecule has 0 N–H and O–H groups in total. The van der Waals surface area contributed by atoms with Gasteiger partial charge >= 0.3 is 0 Å². The van der Waals surface area contributed by atoms with Crippen molar-refractivity contribution in [2.45, 2.75) is 36.7 Å². The fourth-order valence-electron chi connectivity index (χ4n) is 4.35. The lowest BCUT2D eigenvalue weighted by molar-refractivity contribution is 0.187. The van der Waals surface area contributed by atoms with Crippen LogP contribution >= 0.6 is 0 Å². The Balaban J connectivity index is 1.80. The molecule has 1 saturated heterocycles. The summed E-state index contributed by atoms with van der Waals surface area (Å²) in [4.78, 5) is 2.89. The van der Waals surface area contributed by atoms with Crippen LogP contribution in [0.1, 0.15) is 30.9 Å². The first-order chi connectivity index (χ1) is 12.1. The molecule has 25 heavy (non-hydrogen) atoms. The monoisotopic (exact) mass is 356 g/mol. The molecule has 2 aromatic rings. The van der Waals surface area contributed by atoms with Crippen LogP contribution in [0.25, 0.3) is 0 Å². The largest absolute Gasteiger partial charge is 0.301 e. The van der Waals surface area contributed by atoms with Crippen LogP contribution in [0.5, 0.6) is 0 Å². The predicted molar refractivity (Wildman–Crippen MR) is 98.6 cm³/mol. The number of hydrogen-bond donors (Lipinski definition) is 0. The van der Waals surface area contributed by atoms with E-state index in [-0.39, 0.29) is 0 Å². The molecule has 1 spiro atoms. The van der Waals surface area contributed by atoms with Crippen molar-refractivity contribution in [3.63, 3.8) is 0 Å². The van der Waals surface area contributed by atoms with Crippen molar-refractivity contribution in [3.8, 4) is 0 Å². The second-order valence-corrected chi connectivity index (χ2v) is 8.88. The first kappa shape index (κ1) is 16.8. The van der Waals surface area contributed by atoms with Crippen LogP contribution in [-0.2, 0) is 22.1 Å². The topological polar surface area (TPSA) is 40.6 Å². The average Bonchev–Trinajstić information content (AvgIpc) is 3.12. The van der Waals surface area contributed by atoms with E-state index < -0.39 is 15.6 Å². The van der Waals surface area contributed by atoms with Crippen LogP contribution in [-0.4, -0.2) is 37.3 Å². The highest BCUT2D eigenvalue weighted by atomic mass is 32.2. The summed E-state index contributed by atoms with van der Waals surface area (Å²) in [6, 6.07) is 17.5. The molecule has 0 radical (unpaired) electrons. The number of benzene rings is 2. The predicted octanol–water partition coefficient (Wildman–Crippen LogP) is 3.20. The number of fused-ring (bicyclic) bond motifs is 2. The van der Waals surface area contributed by atoms with Crippen molar-refractivity contribution < 1.29 is 8.42 Å². The summed E-state index contributed by atoms with van der Waals surface area (Å²) in [5.41, 5.74) is 1.58. The number of rotatable bonds is 4. The SMILES string of the molecule is CCCN1CCC2(C1)c1ccccc1S(=O)(=O)N2Cc1ccccc1. The van der Waals surface area contributed by atoms with E-state index in [1.54, 1.807) is 10.4 Å². The maximum atomic E-state index is 13.3. The molecule has 0 aliphatic carbocycles. The highest BCUT2D eigenvalue weighted by Crippen LogP contribution is 2.49. The van der Waals surface area contributed by atoms with E-state index in [9.17, 15) is 8.42 Å². The van der Waals surface area contributed by atoms with Crippen LogP contribution in [0.15, 0.2) is 59.5 Å². The molecule has 4 nitrogen and oxygen atoms in total. The van der Waals surface area contributed by atoms with E-state index in [4.69, 9.17) is 0 Å². The van der Waals surface area contributed by atoms with Crippen molar-refractivity contribution in [1.82, 2.24) is 9.21 Å². The standard InChI is InChI=1S/C20H24N2O2S/c1-2-13-21-14-12-20(16-21)18-10-6-7-11-19(18)25(23,24)22(20)15-17-8-4-3-5-9-17/h3-11H,2,12-16H2,1H3. The lowest BCUT2D eigenvalue weighted by atomic mass is 9.88. The Labute approximate surface area is 150 Å². The molecule has 1 atom stereocenters. The summed E-state index contributed by atoms with van der Waals surface area (Å²) >= 11 is 0. The van der Waals surface area contributed by atoms with Gasteiger partial charge in [0.15, 0.2) is 0 Å². The van der Waals surface area contributed by atoms with E-state index in [2.05, 4.69) is 11.8 Å². The minimum Gasteiger partial charge on any atom is -0.301 e. The molecule has 0 aromatic heterocycles. The second-order valence-electron chi connectivity index (χ2n) is 7.05. The van der Waals surface area contributed by atoms with Crippen molar-refractivity contribution in [2.75, 3.05) is 19.6 Å². The van der Waals surface area contributed by atoms with Crippen molar-refractivity contribution in [3.05, 3.63) is 65.7 Å². The normalized spacial score (nSPS) is 25.5. The minimum atomic E-state index is -3.47. The summed E-state index contributed by atoms with van der Waals surface area (Å²) in [6.45, 7) is 5.35. The average molecular weight is 356 g/mol. The van der Waals surface area contributed by atoms with Crippen LogP contribution < -0.4 is 0 Å². The zero-order valence-corrected chi connectivity index (χ0v) is 15.4. The fraction of sp³-hybridized carbons (Fsp3) is 0.400. The zero-order chi connectivity index (χ0) is 17.5. The molecule has 132 valence electrons. The van der Waals surface area contributed by atoms with Gasteiger partial charge in [-0.15, -0.1) is 0 Å². The highest BCUT2D eigenvalue weighted by Gasteiger charge is 2.56. The Morgan fingerprint density at radius 1 is 1.04 bits per heavy atom. The lowest BCUT2D eigenvalue weighted by Gasteiger charge is -2.34. The third kappa shape index (κ3) is 2.62. The van der Waals surface area contributed by atoms with E-state index in [0.717, 1.165) is 43.6 Å². The molecule has 0 saturated carbocycles. The van der Waals surface area contributed by atoms with E-state index in [0.29, 0.717) is 11.4 Å². The summed E-state index contributed by atoms with van der Waals surface area (Å²) in [6.07, 6.45) is 1.94. The molecule has 4 rings (SSSR count). The van der Waals surface area contributed by atoms with Crippen LogP contribution in [0, 0.1) is 0 Å². The molecular formula is C20H24N2O2S. The lowest BCUT2D eigenvalue weighted by Crippen LogP contribution is -2.45. The highest BCUT2D eigenvalue weighted by molar-refractivity contribution is 7.89. The Bertz CT molecular complexity index is 866. The Hall–Kier alpha value is -1.69. The first-order valence-corrected chi connectivity index (χ1v) is 10.4. The quantitative estimate of drug-likeness (QED) is 0.845. The van der Waals surface area contributed by atoms with Gasteiger partial charge in [-0.3, -0.25) is 0 Å². The van der Waals surface area contributed by atoms with Crippen molar-refractivity contribution in [1.29, 1.82) is 0 Å². The molecular weight excluding hydrogens is 332 g/mol. The van der Waals surface area contributed by atoms with E-state index >= 15 is 0 Å². The van der Waals surface area contributed by atoms with Gasteiger partial charge in [0.2, 0.25) is 10.0 Å². The molecule has 1 unspecified atom stereocenters. The number of likely N-dealkylation sites (tertiary alicyclic amines) is 1. The van der Waals surface area contributed by atoms with Crippen LogP contribution in [0.3, 0.4) is 0 Å². The summed E-state index contributed by atoms with van der Waals surface area (Å²) in [5, 5.41) is 0. The number of sulfonamides is 1. The Morgan fingerprint density at radius 2 is 1.76 bits per heavy atom. The van der Waals surface area contributed by atoms with E-state index in [1.165, 1.54) is 0 Å². The third-order valence-corrected chi connectivity index (χ3v) is 7.44. The second kappa shape index (κ2) is 6.24. The third-order valence-electron chi connectivity index (χ3n) is 5.47. The fourth-order valence-corrected chi connectivity index (χ4v) is 6.40. The molecule has 2 aliphatic heterocycles. The summed E-state index contributed by atoms with van der Waals surface area (Å²) in [7, 11) is -3.47. The van der Waals surface area contributed by atoms with Crippen molar-refractivity contribution >= 4 is 10.0 Å². The summed E-state index contributed by atoms with van der Waals surface area (Å²) < 4.78 is 28.4. The molecule has 0 amide bonds. The van der Waals surface area contributed by atoms with Crippen molar-refractivity contribution in [2.24, 2.45) is 0 Å². The molecule has 2 heterocycles. The van der Waals surface area contributed by atoms with Gasteiger partial charge in [-0.25, -0.2) is 8.42 Å². The van der Waals surface area contributed by atoms with Gasteiger partial charge in [0.1, 0.15) is 0 Å². The van der Waals surface area contributed by atoms with Gasteiger partial charge in [0.25, 0.3) is 0 Å². The molecule has 2 aliphatic rings.